The number of nitrogens with zero attached hydrogens (tertiary/aromatic N) is 2. The quantitative estimate of drug-likeness (QED) is 0.571. The van der Waals surface area contributed by atoms with Crippen LogP contribution in [0.4, 0.5) is 5.13 Å². The van der Waals surface area contributed by atoms with Gasteiger partial charge in [0.1, 0.15) is 0 Å². The highest BCUT2D eigenvalue weighted by Crippen LogP contribution is 2.25. The Balaban J connectivity index is 1.75. The van der Waals surface area contributed by atoms with Crippen LogP contribution in [-0.2, 0) is 4.79 Å². The molecule has 2 aromatic rings. The molecule has 0 saturated carbocycles. The van der Waals surface area contributed by atoms with Gasteiger partial charge in [-0.15, -0.1) is 28.1 Å². The Morgan fingerprint density at radius 1 is 1.57 bits per heavy atom. The largest absolute Gasteiger partial charge is 0.357 e. The maximum atomic E-state index is 11.9. The van der Waals surface area contributed by atoms with Gasteiger partial charge >= 0.3 is 0 Å². The first-order chi connectivity index (χ1) is 10.2. The first kappa shape index (κ1) is 16.0. The SMILES string of the molecule is C=CCNc1nnc(SCC(=O)NC(C)c2cccs2)s1. The molecule has 0 radical (unpaired) electrons. The Bertz CT molecular complexity index is 582. The van der Waals surface area contributed by atoms with Crippen molar-refractivity contribution in [2.45, 2.75) is 17.3 Å². The third-order valence-electron chi connectivity index (χ3n) is 2.48. The summed E-state index contributed by atoms with van der Waals surface area (Å²) < 4.78 is 0.778. The van der Waals surface area contributed by atoms with Gasteiger partial charge in [-0.3, -0.25) is 4.79 Å². The lowest BCUT2D eigenvalue weighted by atomic mass is 10.3. The van der Waals surface area contributed by atoms with Crippen molar-refractivity contribution < 1.29 is 4.79 Å². The van der Waals surface area contributed by atoms with E-state index in [4.69, 9.17) is 0 Å². The molecule has 0 spiro atoms. The Morgan fingerprint density at radius 2 is 2.43 bits per heavy atom. The fourth-order valence-corrected chi connectivity index (χ4v) is 3.82. The van der Waals surface area contributed by atoms with Gasteiger partial charge in [-0.05, 0) is 18.4 Å². The molecule has 0 aliphatic carbocycles. The molecule has 0 aromatic carbocycles. The summed E-state index contributed by atoms with van der Waals surface area (Å²) in [6.45, 7) is 6.26. The van der Waals surface area contributed by atoms with E-state index < -0.39 is 0 Å². The lowest BCUT2D eigenvalue weighted by Crippen LogP contribution is -2.27. The molecule has 0 aliphatic heterocycles. The van der Waals surface area contributed by atoms with E-state index in [9.17, 15) is 4.79 Å². The van der Waals surface area contributed by atoms with E-state index >= 15 is 0 Å². The fraction of sp³-hybridized carbons (Fsp3) is 0.308. The van der Waals surface area contributed by atoms with Crippen molar-refractivity contribution in [2.24, 2.45) is 0 Å². The van der Waals surface area contributed by atoms with Gasteiger partial charge in [0.05, 0.1) is 11.8 Å². The highest BCUT2D eigenvalue weighted by atomic mass is 32.2. The van der Waals surface area contributed by atoms with E-state index in [2.05, 4.69) is 27.4 Å². The molecule has 2 rings (SSSR count). The van der Waals surface area contributed by atoms with Gasteiger partial charge in [-0.25, -0.2) is 0 Å². The average Bonchev–Trinajstić information content (AvgIpc) is 3.14. The van der Waals surface area contributed by atoms with Crippen molar-refractivity contribution in [2.75, 3.05) is 17.6 Å². The van der Waals surface area contributed by atoms with Crippen LogP contribution in [0.25, 0.3) is 0 Å². The third-order valence-corrected chi connectivity index (χ3v) is 5.55. The monoisotopic (exact) mass is 340 g/mol. The molecule has 2 N–H and O–H groups in total. The predicted molar refractivity (Wildman–Crippen MR) is 90.2 cm³/mol. The zero-order valence-electron chi connectivity index (χ0n) is 11.5. The van der Waals surface area contributed by atoms with Crippen molar-refractivity contribution >= 4 is 45.5 Å². The standard InChI is InChI=1S/C13H16N4OS3/c1-3-6-14-12-16-17-13(21-12)20-8-11(18)15-9(2)10-5-4-7-19-10/h3-5,7,9H,1,6,8H2,2H3,(H,14,16)(H,15,18). The van der Waals surface area contributed by atoms with Crippen LogP contribution < -0.4 is 10.6 Å². The Hall–Kier alpha value is -1.38. The van der Waals surface area contributed by atoms with Crippen molar-refractivity contribution in [3.8, 4) is 0 Å². The van der Waals surface area contributed by atoms with Gasteiger partial charge in [0.25, 0.3) is 0 Å². The molecule has 1 amide bonds. The van der Waals surface area contributed by atoms with Gasteiger partial charge in [-0.2, -0.15) is 0 Å². The maximum Gasteiger partial charge on any atom is 0.230 e. The minimum Gasteiger partial charge on any atom is -0.357 e. The number of thiophene rings is 1. The molecule has 5 nitrogen and oxygen atoms in total. The topological polar surface area (TPSA) is 66.9 Å². The zero-order chi connectivity index (χ0) is 15.1. The van der Waals surface area contributed by atoms with Gasteiger partial charge in [0, 0.05) is 11.4 Å². The number of aromatic nitrogens is 2. The number of carbonyl (C=O) groups excluding carboxylic acids is 1. The van der Waals surface area contributed by atoms with Crippen molar-refractivity contribution in [3.05, 3.63) is 35.0 Å². The average molecular weight is 340 g/mol. The van der Waals surface area contributed by atoms with E-state index in [0.717, 1.165) is 14.3 Å². The number of rotatable bonds is 8. The highest BCUT2D eigenvalue weighted by molar-refractivity contribution is 8.01. The number of hydrogen-bond donors (Lipinski definition) is 2. The lowest BCUT2D eigenvalue weighted by molar-refractivity contribution is -0.119. The molecule has 2 aromatic heterocycles. The molecule has 2 heterocycles. The van der Waals surface area contributed by atoms with Crippen LogP contribution in [0.1, 0.15) is 17.8 Å². The number of hydrogen-bond acceptors (Lipinski definition) is 7. The number of thioether (sulfide) groups is 1. The lowest BCUT2D eigenvalue weighted by Gasteiger charge is -2.11. The maximum absolute atomic E-state index is 11.9. The molecule has 1 atom stereocenters. The molecule has 21 heavy (non-hydrogen) atoms. The molecule has 0 bridgehead atoms. The second-order valence-electron chi connectivity index (χ2n) is 4.14. The summed E-state index contributed by atoms with van der Waals surface area (Å²) >= 11 is 4.47. The summed E-state index contributed by atoms with van der Waals surface area (Å²) in [6, 6.07) is 4.04. The molecular formula is C13H16N4OS3. The fourth-order valence-electron chi connectivity index (χ4n) is 1.52. The molecule has 8 heteroatoms. The highest BCUT2D eigenvalue weighted by Gasteiger charge is 2.12. The van der Waals surface area contributed by atoms with E-state index in [1.807, 2.05) is 24.4 Å². The van der Waals surface area contributed by atoms with Crippen molar-refractivity contribution in [1.82, 2.24) is 15.5 Å². The third kappa shape index (κ3) is 5.14. The number of carbonyl (C=O) groups is 1. The van der Waals surface area contributed by atoms with E-state index in [-0.39, 0.29) is 11.9 Å². The molecular weight excluding hydrogens is 324 g/mol. The molecule has 0 saturated heterocycles. The second kappa shape index (κ2) is 8.16. The van der Waals surface area contributed by atoms with E-state index in [1.54, 1.807) is 17.4 Å². The molecule has 0 aliphatic rings. The van der Waals surface area contributed by atoms with Gasteiger partial charge in [0.2, 0.25) is 11.0 Å². The number of anilines is 1. The van der Waals surface area contributed by atoms with Gasteiger partial charge in [0.15, 0.2) is 4.34 Å². The molecule has 0 fully saturated rings. The summed E-state index contributed by atoms with van der Waals surface area (Å²) in [5.41, 5.74) is 0. The van der Waals surface area contributed by atoms with Crippen LogP contribution in [0.15, 0.2) is 34.5 Å². The summed E-state index contributed by atoms with van der Waals surface area (Å²) in [7, 11) is 0. The first-order valence-electron chi connectivity index (χ1n) is 6.33. The Labute approximate surface area is 135 Å². The summed E-state index contributed by atoms with van der Waals surface area (Å²) in [5.74, 6) is 0.336. The smallest absolute Gasteiger partial charge is 0.230 e. The van der Waals surface area contributed by atoms with Crippen molar-refractivity contribution in [1.29, 1.82) is 0 Å². The van der Waals surface area contributed by atoms with E-state index in [0.29, 0.717) is 12.3 Å². The Kier molecular flexibility index (Phi) is 6.21. The molecule has 112 valence electrons. The van der Waals surface area contributed by atoms with Crippen molar-refractivity contribution in [3.63, 3.8) is 0 Å². The number of nitrogens with one attached hydrogen (secondary N) is 2. The zero-order valence-corrected chi connectivity index (χ0v) is 14.0. The van der Waals surface area contributed by atoms with Gasteiger partial charge in [-0.1, -0.05) is 35.2 Å². The second-order valence-corrected chi connectivity index (χ2v) is 7.32. The summed E-state index contributed by atoms with van der Waals surface area (Å²) in [5, 5.41) is 16.8. The Morgan fingerprint density at radius 3 is 3.14 bits per heavy atom. The van der Waals surface area contributed by atoms with Gasteiger partial charge < -0.3 is 10.6 Å². The van der Waals surface area contributed by atoms with Crippen LogP contribution in [0.3, 0.4) is 0 Å². The van der Waals surface area contributed by atoms with Crippen LogP contribution in [0.5, 0.6) is 0 Å². The molecule has 1 unspecified atom stereocenters. The number of amides is 1. The minimum absolute atomic E-state index is 0.00305. The van der Waals surface area contributed by atoms with Crippen LogP contribution in [0, 0.1) is 0 Å². The normalized spacial score (nSPS) is 11.9. The summed E-state index contributed by atoms with van der Waals surface area (Å²) in [4.78, 5) is 13.1. The van der Waals surface area contributed by atoms with E-state index in [1.165, 1.54) is 23.1 Å². The minimum atomic E-state index is -0.00305. The van der Waals surface area contributed by atoms with Crippen LogP contribution in [-0.4, -0.2) is 28.4 Å². The first-order valence-corrected chi connectivity index (χ1v) is 9.01. The predicted octanol–water partition coefficient (Wildman–Crippen LogP) is 3.17. The van der Waals surface area contributed by atoms with Crippen LogP contribution in [0.2, 0.25) is 0 Å². The van der Waals surface area contributed by atoms with Crippen LogP contribution >= 0.6 is 34.4 Å². The summed E-state index contributed by atoms with van der Waals surface area (Å²) in [6.07, 6.45) is 1.76.